The second kappa shape index (κ2) is 11.2. The number of hydrogen-bond acceptors (Lipinski definition) is 9. The SMILES string of the molecule is CC(C)(O)[C@H](F)CNC(=O)c1cnc(-n2ncc3cc(C#N)cnc32)cc1N[C@H]1CC[C@H](NC2COC2)CC1. The Bertz CT molecular complexity index is 1370. The number of rotatable bonds is 9. The summed E-state index contributed by atoms with van der Waals surface area (Å²) in [7, 11) is 0. The van der Waals surface area contributed by atoms with Crippen LogP contribution in [0.15, 0.2) is 30.7 Å². The van der Waals surface area contributed by atoms with Crippen LogP contribution in [-0.4, -0.2) is 80.4 Å². The zero-order chi connectivity index (χ0) is 27.6. The van der Waals surface area contributed by atoms with Crippen molar-refractivity contribution in [2.45, 2.75) is 69.4 Å². The lowest BCUT2D eigenvalue weighted by Crippen LogP contribution is -2.51. The summed E-state index contributed by atoms with van der Waals surface area (Å²) in [5, 5.41) is 33.9. The lowest BCUT2D eigenvalue weighted by atomic mass is 9.90. The Balaban J connectivity index is 1.37. The van der Waals surface area contributed by atoms with Gasteiger partial charge >= 0.3 is 0 Å². The summed E-state index contributed by atoms with van der Waals surface area (Å²) in [4.78, 5) is 21.9. The number of aliphatic hydroxyl groups is 1. The smallest absolute Gasteiger partial charge is 0.255 e. The lowest BCUT2D eigenvalue weighted by Gasteiger charge is -2.36. The fourth-order valence-electron chi connectivity index (χ4n) is 4.83. The maximum Gasteiger partial charge on any atom is 0.255 e. The van der Waals surface area contributed by atoms with E-state index in [9.17, 15) is 19.6 Å². The predicted molar refractivity (Wildman–Crippen MR) is 142 cm³/mol. The van der Waals surface area contributed by atoms with Gasteiger partial charge in [-0.05, 0) is 45.6 Å². The maximum atomic E-state index is 14.3. The molecule has 0 aromatic carbocycles. The van der Waals surface area contributed by atoms with Crippen molar-refractivity contribution < 1.29 is 19.0 Å². The first-order valence-corrected chi connectivity index (χ1v) is 13.2. The van der Waals surface area contributed by atoms with Crippen molar-refractivity contribution in [2.75, 3.05) is 25.1 Å². The third-order valence-corrected chi connectivity index (χ3v) is 7.29. The molecule has 3 aromatic heterocycles. The number of carbonyl (C=O) groups is 1. The molecule has 5 rings (SSSR count). The van der Waals surface area contributed by atoms with E-state index in [1.807, 2.05) is 0 Å². The number of pyridine rings is 2. The van der Waals surface area contributed by atoms with Crippen LogP contribution in [-0.2, 0) is 4.74 Å². The fourth-order valence-corrected chi connectivity index (χ4v) is 4.83. The monoisotopic (exact) mass is 536 g/mol. The van der Waals surface area contributed by atoms with E-state index in [-0.39, 0.29) is 18.2 Å². The quantitative estimate of drug-likeness (QED) is 0.323. The summed E-state index contributed by atoms with van der Waals surface area (Å²) in [6.07, 6.45) is 6.71. The number of alkyl halides is 1. The summed E-state index contributed by atoms with van der Waals surface area (Å²) in [6, 6.07) is 6.52. The molecule has 3 aromatic rings. The van der Waals surface area contributed by atoms with Crippen molar-refractivity contribution in [3.05, 3.63) is 41.9 Å². The second-order valence-corrected chi connectivity index (χ2v) is 10.8. The molecule has 0 unspecified atom stereocenters. The van der Waals surface area contributed by atoms with Gasteiger partial charge in [-0.1, -0.05) is 0 Å². The van der Waals surface area contributed by atoms with Crippen LogP contribution in [0.2, 0.25) is 0 Å². The summed E-state index contributed by atoms with van der Waals surface area (Å²) < 4.78 is 21.1. The van der Waals surface area contributed by atoms with E-state index in [0.29, 0.717) is 40.2 Å². The van der Waals surface area contributed by atoms with Crippen LogP contribution < -0.4 is 16.0 Å². The zero-order valence-corrected chi connectivity index (χ0v) is 22.0. The predicted octanol–water partition coefficient (Wildman–Crippen LogP) is 2.24. The molecule has 1 aliphatic carbocycles. The van der Waals surface area contributed by atoms with Gasteiger partial charge in [0.25, 0.3) is 5.91 Å². The highest BCUT2D eigenvalue weighted by Crippen LogP contribution is 2.27. The Morgan fingerprint density at radius 1 is 1.18 bits per heavy atom. The standard InChI is InChI=1S/C27H33FN8O3/c1-27(2,38)23(28)13-32-26(37)21-12-30-24(36-25-17(11-33-36)7-16(9-29)10-31-25)8-22(21)35-19-5-3-18(4-6-19)34-20-14-39-15-20/h7-8,10-12,18-20,23,34,38H,3-6,13-15H2,1-2H3,(H,30,35)(H,32,37)/t18-,19-,23-/m1/s1. The number of carbonyl (C=O) groups excluding carboxylic acids is 1. The Kier molecular flexibility index (Phi) is 7.74. The molecule has 4 heterocycles. The van der Waals surface area contributed by atoms with E-state index in [1.165, 1.54) is 26.2 Å². The molecular formula is C27H33FN8O3. The average Bonchev–Trinajstić information content (AvgIpc) is 3.32. The third-order valence-electron chi connectivity index (χ3n) is 7.29. The van der Waals surface area contributed by atoms with E-state index < -0.39 is 17.7 Å². The van der Waals surface area contributed by atoms with E-state index in [4.69, 9.17) is 4.74 Å². The van der Waals surface area contributed by atoms with Gasteiger partial charge in [-0.25, -0.2) is 14.4 Å². The summed E-state index contributed by atoms with van der Waals surface area (Å²) in [6.45, 7) is 3.91. The van der Waals surface area contributed by atoms with Crippen molar-refractivity contribution in [1.82, 2.24) is 30.4 Å². The highest BCUT2D eigenvalue weighted by Gasteiger charge is 2.29. The minimum atomic E-state index is -1.63. The Labute approximate surface area is 225 Å². The molecule has 0 bridgehead atoms. The minimum absolute atomic E-state index is 0.137. The van der Waals surface area contributed by atoms with Crippen molar-refractivity contribution in [3.8, 4) is 11.9 Å². The average molecular weight is 537 g/mol. The maximum absolute atomic E-state index is 14.3. The van der Waals surface area contributed by atoms with Gasteiger partial charge in [-0.3, -0.25) is 4.79 Å². The molecule has 0 spiro atoms. The first-order valence-electron chi connectivity index (χ1n) is 13.2. The lowest BCUT2D eigenvalue weighted by molar-refractivity contribution is -0.0120. The van der Waals surface area contributed by atoms with E-state index in [1.54, 1.807) is 23.0 Å². The van der Waals surface area contributed by atoms with Crippen LogP contribution in [0.1, 0.15) is 55.5 Å². The Morgan fingerprint density at radius 2 is 1.92 bits per heavy atom. The van der Waals surface area contributed by atoms with E-state index in [0.717, 1.165) is 38.9 Å². The van der Waals surface area contributed by atoms with Gasteiger partial charge < -0.3 is 25.8 Å². The molecule has 1 atom stereocenters. The molecule has 39 heavy (non-hydrogen) atoms. The van der Waals surface area contributed by atoms with Gasteiger partial charge in [-0.2, -0.15) is 15.0 Å². The highest BCUT2D eigenvalue weighted by molar-refractivity contribution is 5.99. The van der Waals surface area contributed by atoms with Gasteiger partial charge in [0.1, 0.15) is 12.2 Å². The molecular weight excluding hydrogens is 503 g/mol. The second-order valence-electron chi connectivity index (χ2n) is 10.8. The number of hydrogen-bond donors (Lipinski definition) is 4. The molecule has 2 aliphatic rings. The normalized spacial score (nSPS) is 20.7. The first-order chi connectivity index (χ1) is 18.7. The number of amides is 1. The molecule has 1 aliphatic heterocycles. The molecule has 2 fully saturated rings. The van der Waals surface area contributed by atoms with Crippen LogP contribution in [0.5, 0.6) is 0 Å². The molecule has 1 amide bonds. The number of halogens is 1. The minimum Gasteiger partial charge on any atom is -0.387 e. The van der Waals surface area contributed by atoms with Crippen LogP contribution in [0.3, 0.4) is 0 Å². The fraction of sp³-hybridized carbons (Fsp3) is 0.519. The largest absolute Gasteiger partial charge is 0.387 e. The molecule has 1 saturated carbocycles. The third kappa shape index (κ3) is 6.16. The van der Waals surface area contributed by atoms with Gasteiger partial charge in [0, 0.05) is 35.9 Å². The van der Waals surface area contributed by atoms with Crippen molar-refractivity contribution in [3.63, 3.8) is 0 Å². The van der Waals surface area contributed by atoms with Gasteiger partial charge in [0.15, 0.2) is 11.5 Å². The highest BCUT2D eigenvalue weighted by atomic mass is 19.1. The Morgan fingerprint density at radius 3 is 2.59 bits per heavy atom. The number of anilines is 1. The zero-order valence-electron chi connectivity index (χ0n) is 22.0. The molecule has 11 nitrogen and oxygen atoms in total. The molecule has 12 heteroatoms. The van der Waals surface area contributed by atoms with Crippen molar-refractivity contribution in [1.29, 1.82) is 5.26 Å². The number of nitrogens with zero attached hydrogens (tertiary/aromatic N) is 5. The van der Waals surface area contributed by atoms with Crippen molar-refractivity contribution in [2.24, 2.45) is 0 Å². The summed E-state index contributed by atoms with van der Waals surface area (Å²) in [5.74, 6) is -0.0488. The van der Waals surface area contributed by atoms with Crippen molar-refractivity contribution >= 4 is 22.6 Å². The number of aromatic nitrogens is 4. The summed E-state index contributed by atoms with van der Waals surface area (Å²) in [5.41, 5.74) is 0.203. The molecule has 4 N–H and O–H groups in total. The Hall–Kier alpha value is -3.66. The first kappa shape index (κ1) is 26.9. The van der Waals surface area contributed by atoms with Crippen LogP contribution in [0, 0.1) is 11.3 Å². The van der Waals surface area contributed by atoms with Crippen LogP contribution >= 0.6 is 0 Å². The van der Waals surface area contributed by atoms with Gasteiger partial charge in [0.05, 0.1) is 54.4 Å². The van der Waals surface area contributed by atoms with Crippen LogP contribution in [0.4, 0.5) is 10.1 Å². The number of ether oxygens (including phenoxy) is 1. The molecule has 0 radical (unpaired) electrons. The van der Waals surface area contributed by atoms with Gasteiger partial charge in [-0.15, -0.1) is 0 Å². The summed E-state index contributed by atoms with van der Waals surface area (Å²) >= 11 is 0. The molecule has 1 saturated heterocycles. The van der Waals surface area contributed by atoms with E-state index in [2.05, 4.69) is 37.1 Å². The van der Waals surface area contributed by atoms with Gasteiger partial charge in [0.2, 0.25) is 0 Å². The van der Waals surface area contributed by atoms with E-state index >= 15 is 0 Å². The van der Waals surface area contributed by atoms with Crippen LogP contribution in [0.25, 0.3) is 16.9 Å². The number of nitrogens with one attached hydrogen (secondary N) is 3. The number of nitriles is 1. The number of fused-ring (bicyclic) bond motifs is 1. The molecule has 206 valence electrons. The topological polar surface area (TPSA) is 150 Å².